The number of phenols is 1. The Hall–Kier alpha value is -2.91. The predicted molar refractivity (Wildman–Crippen MR) is 102 cm³/mol. The third-order valence-electron chi connectivity index (χ3n) is 3.75. The zero-order chi connectivity index (χ0) is 18.8. The molecule has 3 aromatic heterocycles. The summed E-state index contributed by atoms with van der Waals surface area (Å²) >= 11 is 2.78. The summed E-state index contributed by atoms with van der Waals surface area (Å²) in [6.07, 6.45) is 1.47. The molecule has 27 heavy (non-hydrogen) atoms. The highest BCUT2D eigenvalue weighted by Crippen LogP contribution is 2.28. The van der Waals surface area contributed by atoms with Crippen LogP contribution in [0.1, 0.15) is 5.56 Å². The number of aromatic nitrogens is 2. The van der Waals surface area contributed by atoms with Crippen molar-refractivity contribution in [2.75, 3.05) is 5.75 Å². The summed E-state index contributed by atoms with van der Waals surface area (Å²) in [5.41, 5.74) is 0.181. The molecule has 0 fully saturated rings. The summed E-state index contributed by atoms with van der Waals surface area (Å²) in [5.74, 6) is -0.356. The molecular weight excluding hydrogens is 388 g/mol. The molecule has 7 nitrogen and oxygen atoms in total. The number of hydrogen-bond donors (Lipinski definition) is 1. The van der Waals surface area contributed by atoms with Gasteiger partial charge in [0.25, 0.3) is 0 Å². The van der Waals surface area contributed by atoms with Crippen molar-refractivity contribution in [2.24, 2.45) is 0 Å². The Morgan fingerprint density at radius 3 is 3.00 bits per heavy atom. The van der Waals surface area contributed by atoms with Crippen molar-refractivity contribution >= 4 is 50.3 Å². The number of aromatic hydroxyl groups is 1. The number of thioether (sulfide) groups is 1. The van der Waals surface area contributed by atoms with E-state index in [2.05, 4.69) is 9.97 Å². The largest absolute Gasteiger partial charge is 0.508 e. The van der Waals surface area contributed by atoms with Gasteiger partial charge in [-0.05, 0) is 23.6 Å². The van der Waals surface area contributed by atoms with Crippen LogP contribution >= 0.6 is 23.1 Å². The second-order valence-electron chi connectivity index (χ2n) is 5.54. The van der Waals surface area contributed by atoms with E-state index < -0.39 is 11.6 Å². The number of nitrogens with zero attached hydrogens (tertiary/aromatic N) is 2. The Labute approximate surface area is 160 Å². The lowest BCUT2D eigenvalue weighted by Gasteiger charge is -2.07. The molecule has 0 amide bonds. The number of thiophene rings is 1. The molecule has 3 heterocycles. The molecule has 9 heteroatoms. The van der Waals surface area contributed by atoms with Gasteiger partial charge in [0.05, 0.1) is 5.75 Å². The Kier molecular flexibility index (Phi) is 4.78. The van der Waals surface area contributed by atoms with E-state index in [0.29, 0.717) is 10.9 Å². The normalized spacial score (nSPS) is 11.1. The molecule has 0 aliphatic rings. The third-order valence-corrected chi connectivity index (χ3v) is 5.55. The van der Waals surface area contributed by atoms with Crippen molar-refractivity contribution in [1.82, 2.24) is 9.97 Å². The fourth-order valence-corrected chi connectivity index (χ4v) is 4.12. The smallest absolute Gasteiger partial charge is 0.336 e. The molecule has 0 aliphatic heterocycles. The van der Waals surface area contributed by atoms with Gasteiger partial charge in [-0.25, -0.2) is 14.8 Å². The number of ether oxygens (including phenoxy) is 1. The quantitative estimate of drug-likeness (QED) is 0.235. The van der Waals surface area contributed by atoms with E-state index in [1.807, 2.05) is 11.4 Å². The van der Waals surface area contributed by atoms with Crippen LogP contribution < -0.4 is 5.63 Å². The van der Waals surface area contributed by atoms with Crippen molar-refractivity contribution < 1.29 is 19.1 Å². The van der Waals surface area contributed by atoms with Crippen molar-refractivity contribution in [2.45, 2.75) is 11.6 Å². The molecule has 136 valence electrons. The van der Waals surface area contributed by atoms with Gasteiger partial charge in [0.1, 0.15) is 34.1 Å². The number of hydrogen-bond acceptors (Lipinski definition) is 9. The third kappa shape index (κ3) is 3.79. The summed E-state index contributed by atoms with van der Waals surface area (Å²) in [7, 11) is 0. The van der Waals surface area contributed by atoms with Gasteiger partial charge in [-0.2, -0.15) is 0 Å². The maximum atomic E-state index is 12.1. The molecule has 1 aromatic carbocycles. The van der Waals surface area contributed by atoms with Gasteiger partial charge in [0, 0.05) is 28.5 Å². The van der Waals surface area contributed by atoms with Gasteiger partial charge in [-0.15, -0.1) is 11.3 Å². The zero-order valence-electron chi connectivity index (χ0n) is 13.7. The van der Waals surface area contributed by atoms with Crippen LogP contribution in [-0.4, -0.2) is 26.8 Å². The minimum Gasteiger partial charge on any atom is -0.508 e. The van der Waals surface area contributed by atoms with E-state index >= 15 is 0 Å². The van der Waals surface area contributed by atoms with E-state index in [9.17, 15) is 14.7 Å². The van der Waals surface area contributed by atoms with Gasteiger partial charge >= 0.3 is 11.6 Å². The van der Waals surface area contributed by atoms with Gasteiger partial charge in [0.15, 0.2) is 0 Å². The second kappa shape index (κ2) is 7.37. The number of carbonyl (C=O) groups is 1. The molecule has 0 radical (unpaired) electrons. The number of fused-ring (bicyclic) bond motifs is 2. The lowest BCUT2D eigenvalue weighted by Crippen LogP contribution is -2.09. The number of carbonyl (C=O) groups excluding carboxylic acids is 1. The molecule has 4 aromatic rings. The monoisotopic (exact) mass is 400 g/mol. The fourth-order valence-electron chi connectivity index (χ4n) is 2.55. The molecule has 4 rings (SSSR count). The van der Waals surface area contributed by atoms with E-state index in [1.54, 1.807) is 6.07 Å². The van der Waals surface area contributed by atoms with Crippen molar-refractivity contribution in [3.63, 3.8) is 0 Å². The van der Waals surface area contributed by atoms with Crippen LogP contribution in [0.4, 0.5) is 0 Å². The van der Waals surface area contributed by atoms with E-state index in [4.69, 9.17) is 9.15 Å². The lowest BCUT2D eigenvalue weighted by atomic mass is 10.1. The van der Waals surface area contributed by atoms with Crippen LogP contribution in [0.25, 0.3) is 21.2 Å². The molecule has 0 saturated heterocycles. The highest BCUT2D eigenvalue weighted by molar-refractivity contribution is 8.00. The standard InChI is InChI=1S/C18H12N2O5S2/c21-11-1-2-12-10(5-15(22)25-14(12)6-11)7-24-16(23)8-27-18-13-3-4-26-17(13)19-9-20-18/h1-6,9,21H,7-8H2. The summed E-state index contributed by atoms with van der Waals surface area (Å²) in [4.78, 5) is 33.0. The van der Waals surface area contributed by atoms with E-state index in [0.717, 1.165) is 15.2 Å². The topological polar surface area (TPSA) is 103 Å². The number of rotatable bonds is 5. The highest BCUT2D eigenvalue weighted by Gasteiger charge is 2.12. The molecule has 0 aliphatic carbocycles. The number of esters is 1. The predicted octanol–water partition coefficient (Wildman–Crippen LogP) is 3.34. The first-order valence-corrected chi connectivity index (χ1v) is 9.69. The Morgan fingerprint density at radius 1 is 1.22 bits per heavy atom. The van der Waals surface area contributed by atoms with Crippen molar-refractivity contribution in [3.05, 3.63) is 58.0 Å². The average molecular weight is 400 g/mol. The number of benzene rings is 1. The second-order valence-corrected chi connectivity index (χ2v) is 7.40. The molecule has 0 saturated carbocycles. The molecule has 1 N–H and O–H groups in total. The molecule has 0 atom stereocenters. The molecular formula is C18H12N2O5S2. The summed E-state index contributed by atoms with van der Waals surface area (Å²) in [6, 6.07) is 7.63. The van der Waals surface area contributed by atoms with Crippen LogP contribution in [0.5, 0.6) is 5.75 Å². The first-order valence-electron chi connectivity index (χ1n) is 7.82. The Morgan fingerprint density at radius 2 is 2.11 bits per heavy atom. The summed E-state index contributed by atoms with van der Waals surface area (Å²) in [6.45, 7) is -0.0656. The lowest BCUT2D eigenvalue weighted by molar-refractivity contribution is -0.141. The fraction of sp³-hybridized carbons (Fsp3) is 0.111. The first-order chi connectivity index (χ1) is 13.1. The van der Waals surface area contributed by atoms with E-state index in [-0.39, 0.29) is 23.7 Å². The maximum Gasteiger partial charge on any atom is 0.336 e. The van der Waals surface area contributed by atoms with Crippen LogP contribution in [0.2, 0.25) is 0 Å². The van der Waals surface area contributed by atoms with E-state index in [1.165, 1.54) is 47.6 Å². The Balaban J connectivity index is 1.44. The molecule has 0 unspecified atom stereocenters. The van der Waals surface area contributed by atoms with Gasteiger partial charge in [0.2, 0.25) is 0 Å². The van der Waals surface area contributed by atoms with Crippen LogP contribution in [0.3, 0.4) is 0 Å². The zero-order valence-corrected chi connectivity index (χ0v) is 15.4. The highest BCUT2D eigenvalue weighted by atomic mass is 32.2. The number of phenolic OH excluding ortho intramolecular Hbond substituents is 1. The van der Waals surface area contributed by atoms with Gasteiger partial charge < -0.3 is 14.3 Å². The summed E-state index contributed by atoms with van der Waals surface area (Å²) in [5, 5.41) is 13.7. The van der Waals surface area contributed by atoms with Crippen molar-refractivity contribution in [1.29, 1.82) is 0 Å². The Bertz CT molecular complexity index is 1200. The SMILES string of the molecule is O=C(CSc1ncnc2sccc12)OCc1cc(=O)oc2cc(O)ccc12. The summed E-state index contributed by atoms with van der Waals surface area (Å²) < 4.78 is 10.3. The van der Waals surface area contributed by atoms with Crippen LogP contribution in [-0.2, 0) is 16.1 Å². The molecule has 0 bridgehead atoms. The van der Waals surface area contributed by atoms with Crippen molar-refractivity contribution in [3.8, 4) is 5.75 Å². The maximum absolute atomic E-state index is 12.1. The minimum atomic E-state index is -0.575. The molecule has 0 spiro atoms. The van der Waals surface area contributed by atoms with Crippen LogP contribution in [0.15, 0.2) is 56.3 Å². The van der Waals surface area contributed by atoms with Gasteiger partial charge in [-0.1, -0.05) is 11.8 Å². The van der Waals surface area contributed by atoms with Gasteiger partial charge in [-0.3, -0.25) is 4.79 Å². The minimum absolute atomic E-state index is 0.0132. The average Bonchev–Trinajstić information content (AvgIpc) is 3.13. The van der Waals surface area contributed by atoms with Crippen LogP contribution in [0, 0.1) is 0 Å². The first kappa shape index (κ1) is 17.5.